The summed E-state index contributed by atoms with van der Waals surface area (Å²) >= 11 is 1.80. The first-order chi connectivity index (χ1) is 28.3. The summed E-state index contributed by atoms with van der Waals surface area (Å²) in [6.07, 6.45) is 0. The number of hydrogen-bond donors (Lipinski definition) is 0. The number of nitrogens with zero attached hydrogens (tertiary/aromatic N) is 5. The van der Waals surface area contributed by atoms with E-state index in [0.717, 1.165) is 60.6 Å². The largest absolute Gasteiger partial charge is 0.307 e. The van der Waals surface area contributed by atoms with Gasteiger partial charge in [-0.3, -0.25) is 4.57 Å². The molecule has 0 radical (unpaired) electrons. The molecule has 0 spiro atoms. The smallest absolute Gasteiger partial charge is 0.238 e. The first-order valence-electron chi connectivity index (χ1n) is 19.1. The number of thiophene rings is 1. The molecule has 0 N–H and O–H groups in total. The maximum absolute atomic E-state index is 5.47. The molecule has 0 aliphatic heterocycles. The summed E-state index contributed by atoms with van der Waals surface area (Å²) in [6, 6.07) is 66.6. The van der Waals surface area contributed by atoms with Crippen molar-refractivity contribution in [3.63, 3.8) is 0 Å². The van der Waals surface area contributed by atoms with Gasteiger partial charge in [-0.15, -0.1) is 11.3 Å². The maximum Gasteiger partial charge on any atom is 0.238 e. The second kappa shape index (κ2) is 12.6. The lowest BCUT2D eigenvalue weighted by Gasteiger charge is -2.14. The molecule has 0 atom stereocenters. The van der Waals surface area contributed by atoms with Crippen LogP contribution in [0, 0.1) is 0 Å². The van der Waals surface area contributed by atoms with Crippen LogP contribution in [0.4, 0.5) is 0 Å². The van der Waals surface area contributed by atoms with E-state index in [4.69, 9.17) is 15.0 Å². The summed E-state index contributed by atoms with van der Waals surface area (Å²) in [6.45, 7) is 0. The summed E-state index contributed by atoms with van der Waals surface area (Å²) in [5.41, 5.74) is 9.65. The van der Waals surface area contributed by atoms with Gasteiger partial charge in [-0.25, -0.2) is 4.98 Å². The number of hydrogen-bond acceptors (Lipinski definition) is 4. The fourth-order valence-electron chi connectivity index (χ4n) is 8.67. The van der Waals surface area contributed by atoms with Crippen molar-refractivity contribution in [3.05, 3.63) is 188 Å². The van der Waals surface area contributed by atoms with Crippen LogP contribution >= 0.6 is 11.3 Å². The molecule has 0 aliphatic carbocycles. The minimum atomic E-state index is 0.572. The van der Waals surface area contributed by atoms with Gasteiger partial charge in [0.05, 0.1) is 22.1 Å². The Bertz CT molecular complexity index is 3510. The Hall–Kier alpha value is -7.41. The van der Waals surface area contributed by atoms with Crippen molar-refractivity contribution in [2.24, 2.45) is 0 Å². The van der Waals surface area contributed by atoms with E-state index in [1.165, 1.54) is 31.1 Å². The quantitative estimate of drug-likeness (QED) is 0.176. The number of para-hydroxylation sites is 3. The fraction of sp³-hybridized carbons (Fsp3) is 0. The monoisotopic (exact) mass is 745 g/mol. The highest BCUT2D eigenvalue weighted by atomic mass is 32.1. The number of rotatable bonds is 5. The SMILES string of the molecule is c1ccc(-c2ccc(-c3nc(-c4cccc5sc6ccccc6c45)nc(-n4c5ccccc5c5ccc6c7ccccc7n(-c7ccccc7)c6c54)n3)cc2)cc1. The third kappa shape index (κ3) is 4.91. The van der Waals surface area contributed by atoms with Crippen molar-refractivity contribution < 1.29 is 0 Å². The van der Waals surface area contributed by atoms with Gasteiger partial charge in [0, 0.05) is 58.5 Å². The van der Waals surface area contributed by atoms with Gasteiger partial charge in [0.15, 0.2) is 11.6 Å². The molecule has 0 saturated heterocycles. The van der Waals surface area contributed by atoms with E-state index in [2.05, 4.69) is 191 Å². The lowest BCUT2D eigenvalue weighted by molar-refractivity contribution is 0.954. The van der Waals surface area contributed by atoms with E-state index >= 15 is 0 Å². The summed E-state index contributed by atoms with van der Waals surface area (Å²) in [5, 5.41) is 7.01. The molecule has 12 aromatic rings. The topological polar surface area (TPSA) is 48.5 Å². The Morgan fingerprint density at radius 2 is 0.895 bits per heavy atom. The Labute approximate surface area is 331 Å². The van der Waals surface area contributed by atoms with Crippen LogP contribution in [0.15, 0.2) is 188 Å². The van der Waals surface area contributed by atoms with Crippen LogP contribution < -0.4 is 0 Å². The minimum Gasteiger partial charge on any atom is -0.307 e. The molecule has 0 saturated carbocycles. The molecule has 4 heterocycles. The lowest BCUT2D eigenvalue weighted by atomic mass is 10.0. The zero-order valence-corrected chi connectivity index (χ0v) is 31.4. The first kappa shape index (κ1) is 31.9. The average Bonchev–Trinajstić information content (AvgIpc) is 3.95. The predicted molar refractivity (Wildman–Crippen MR) is 238 cm³/mol. The zero-order valence-electron chi connectivity index (χ0n) is 30.5. The molecule has 0 aliphatic rings. The van der Waals surface area contributed by atoms with Crippen LogP contribution in [0.25, 0.3) is 109 Å². The van der Waals surface area contributed by atoms with E-state index in [9.17, 15) is 0 Å². The van der Waals surface area contributed by atoms with Crippen molar-refractivity contribution in [1.29, 1.82) is 0 Å². The molecule has 4 aromatic heterocycles. The van der Waals surface area contributed by atoms with Gasteiger partial charge in [-0.05, 0) is 47.5 Å². The summed E-state index contributed by atoms with van der Waals surface area (Å²) in [5.74, 6) is 1.83. The van der Waals surface area contributed by atoms with E-state index in [-0.39, 0.29) is 0 Å². The van der Waals surface area contributed by atoms with Crippen molar-refractivity contribution >= 4 is 75.1 Å². The van der Waals surface area contributed by atoms with Crippen molar-refractivity contribution in [2.45, 2.75) is 0 Å². The summed E-state index contributed by atoms with van der Waals surface area (Å²) in [4.78, 5) is 16.2. The Morgan fingerprint density at radius 1 is 0.351 bits per heavy atom. The summed E-state index contributed by atoms with van der Waals surface area (Å²) in [7, 11) is 0. The van der Waals surface area contributed by atoms with Gasteiger partial charge >= 0.3 is 0 Å². The first-order valence-corrected chi connectivity index (χ1v) is 19.9. The van der Waals surface area contributed by atoms with Crippen LogP contribution in [-0.4, -0.2) is 24.1 Å². The molecule has 12 rings (SSSR count). The molecular weight excluding hydrogens is 715 g/mol. The number of aromatic nitrogens is 5. The molecule has 57 heavy (non-hydrogen) atoms. The second-order valence-corrected chi connectivity index (χ2v) is 15.5. The highest BCUT2D eigenvalue weighted by Crippen LogP contribution is 2.43. The molecule has 266 valence electrons. The lowest BCUT2D eigenvalue weighted by Crippen LogP contribution is -2.07. The van der Waals surface area contributed by atoms with Crippen molar-refractivity contribution in [2.75, 3.05) is 0 Å². The van der Waals surface area contributed by atoms with Crippen molar-refractivity contribution in [1.82, 2.24) is 24.1 Å². The molecule has 6 heteroatoms. The van der Waals surface area contributed by atoms with E-state index in [1.54, 1.807) is 11.3 Å². The second-order valence-electron chi connectivity index (χ2n) is 14.4. The highest BCUT2D eigenvalue weighted by Gasteiger charge is 2.24. The third-order valence-corrected chi connectivity index (χ3v) is 12.3. The van der Waals surface area contributed by atoms with Crippen LogP contribution in [-0.2, 0) is 0 Å². The molecule has 8 aromatic carbocycles. The van der Waals surface area contributed by atoms with Gasteiger partial charge in [0.2, 0.25) is 5.95 Å². The van der Waals surface area contributed by atoms with Crippen molar-refractivity contribution in [3.8, 4) is 45.5 Å². The maximum atomic E-state index is 5.47. The van der Waals surface area contributed by atoms with Crippen LogP contribution in [0.1, 0.15) is 0 Å². The Balaban J connectivity index is 1.20. The minimum absolute atomic E-state index is 0.572. The molecule has 0 fully saturated rings. The van der Waals surface area contributed by atoms with Gasteiger partial charge < -0.3 is 4.57 Å². The molecule has 0 unspecified atom stereocenters. The van der Waals surface area contributed by atoms with E-state index in [0.29, 0.717) is 17.6 Å². The Morgan fingerprint density at radius 3 is 1.63 bits per heavy atom. The van der Waals surface area contributed by atoms with Gasteiger partial charge in [-0.1, -0.05) is 152 Å². The van der Waals surface area contributed by atoms with Gasteiger partial charge in [0.1, 0.15) is 0 Å². The molecule has 5 nitrogen and oxygen atoms in total. The summed E-state index contributed by atoms with van der Waals surface area (Å²) < 4.78 is 7.11. The zero-order chi connectivity index (χ0) is 37.5. The van der Waals surface area contributed by atoms with E-state index in [1.807, 2.05) is 6.07 Å². The standard InChI is InChI=1S/C51H31N5S/c1-3-14-32(15-4-1)33-26-28-34(29-27-33)49-52-50(41-21-13-25-45-46(41)40-20-9-12-24-44(40)57-45)54-51(53-49)56-43-23-11-8-19-37(43)39-31-30-38-36-18-7-10-22-42(36)55(47(38)48(39)56)35-16-5-2-6-17-35/h1-31H. The molecular formula is C51H31N5S. The van der Waals surface area contributed by atoms with E-state index < -0.39 is 0 Å². The van der Waals surface area contributed by atoms with Gasteiger partial charge in [0.25, 0.3) is 0 Å². The molecule has 0 bridgehead atoms. The number of benzene rings is 8. The fourth-order valence-corrected chi connectivity index (χ4v) is 9.80. The average molecular weight is 746 g/mol. The van der Waals surface area contributed by atoms with Crippen LogP contribution in [0.3, 0.4) is 0 Å². The Kier molecular flexibility index (Phi) is 7.03. The van der Waals surface area contributed by atoms with Crippen LogP contribution in [0.2, 0.25) is 0 Å². The van der Waals surface area contributed by atoms with Gasteiger partial charge in [-0.2, -0.15) is 9.97 Å². The predicted octanol–water partition coefficient (Wildman–Crippen LogP) is 13.4. The third-order valence-electron chi connectivity index (χ3n) is 11.2. The molecule has 0 amide bonds. The highest BCUT2D eigenvalue weighted by molar-refractivity contribution is 7.25. The number of fused-ring (bicyclic) bond motifs is 10. The normalized spacial score (nSPS) is 11.9. The van der Waals surface area contributed by atoms with Crippen LogP contribution in [0.5, 0.6) is 0 Å².